The summed E-state index contributed by atoms with van der Waals surface area (Å²) in [5.41, 5.74) is 2.37. The van der Waals surface area contributed by atoms with E-state index in [9.17, 15) is 4.79 Å². The quantitative estimate of drug-likeness (QED) is 0.893. The van der Waals surface area contributed by atoms with E-state index < -0.39 is 0 Å². The topological polar surface area (TPSA) is 66.9 Å². The van der Waals surface area contributed by atoms with E-state index in [1.807, 2.05) is 18.2 Å². The van der Waals surface area contributed by atoms with Crippen LogP contribution in [-0.4, -0.2) is 28.5 Å². The minimum atomic E-state index is -0.0138. The van der Waals surface area contributed by atoms with Crippen LogP contribution >= 0.6 is 0 Å². The second-order valence-electron chi connectivity index (χ2n) is 5.17. The van der Waals surface area contributed by atoms with E-state index in [0.717, 1.165) is 16.7 Å². The first-order valence-corrected chi connectivity index (χ1v) is 7.05. The van der Waals surface area contributed by atoms with E-state index in [1.165, 1.54) is 25.7 Å². The Bertz CT molecular complexity index is 608. The molecule has 0 atom stereocenters. The summed E-state index contributed by atoms with van der Waals surface area (Å²) in [7, 11) is 0. The summed E-state index contributed by atoms with van der Waals surface area (Å²) in [6, 6.07) is 6.06. The molecule has 1 saturated carbocycles. The SMILES string of the molecule is O=C(CNC1CCCC1)Nc1ccc2nccnc2c1. The van der Waals surface area contributed by atoms with Gasteiger partial charge in [-0.15, -0.1) is 0 Å². The van der Waals surface area contributed by atoms with Gasteiger partial charge in [0.1, 0.15) is 0 Å². The van der Waals surface area contributed by atoms with Gasteiger partial charge in [-0.25, -0.2) is 0 Å². The van der Waals surface area contributed by atoms with Crippen molar-refractivity contribution in [2.75, 3.05) is 11.9 Å². The molecule has 0 aliphatic heterocycles. The molecule has 1 aromatic heterocycles. The van der Waals surface area contributed by atoms with Crippen molar-refractivity contribution in [3.63, 3.8) is 0 Å². The molecule has 0 saturated heterocycles. The number of hydrogen-bond acceptors (Lipinski definition) is 4. The number of fused-ring (bicyclic) bond motifs is 1. The Morgan fingerprint density at radius 1 is 1.15 bits per heavy atom. The van der Waals surface area contributed by atoms with E-state index in [1.54, 1.807) is 12.4 Å². The third-order valence-corrected chi connectivity index (χ3v) is 3.66. The van der Waals surface area contributed by atoms with Crippen LogP contribution in [-0.2, 0) is 4.79 Å². The van der Waals surface area contributed by atoms with E-state index in [2.05, 4.69) is 20.6 Å². The molecule has 1 fully saturated rings. The minimum absolute atomic E-state index is 0.0138. The van der Waals surface area contributed by atoms with Gasteiger partial charge in [0.2, 0.25) is 5.91 Å². The van der Waals surface area contributed by atoms with Crippen molar-refractivity contribution < 1.29 is 4.79 Å². The lowest BCUT2D eigenvalue weighted by Crippen LogP contribution is -2.34. The summed E-state index contributed by atoms with van der Waals surface area (Å²) in [6.07, 6.45) is 8.20. The van der Waals surface area contributed by atoms with Gasteiger partial charge in [0.15, 0.2) is 0 Å². The molecule has 1 aliphatic rings. The Morgan fingerprint density at radius 2 is 1.90 bits per heavy atom. The zero-order valence-electron chi connectivity index (χ0n) is 11.3. The van der Waals surface area contributed by atoms with Gasteiger partial charge in [-0.2, -0.15) is 0 Å². The number of nitrogens with one attached hydrogen (secondary N) is 2. The van der Waals surface area contributed by atoms with E-state index in [-0.39, 0.29) is 5.91 Å². The fourth-order valence-electron chi connectivity index (χ4n) is 2.61. The predicted molar refractivity (Wildman–Crippen MR) is 78.4 cm³/mol. The van der Waals surface area contributed by atoms with Gasteiger partial charge < -0.3 is 10.6 Å². The average molecular weight is 270 g/mol. The third kappa shape index (κ3) is 3.11. The first-order valence-electron chi connectivity index (χ1n) is 7.05. The standard InChI is InChI=1S/C15H18N4O/c20-15(10-18-11-3-1-2-4-11)19-12-5-6-13-14(9-12)17-8-7-16-13/h5-9,11,18H,1-4,10H2,(H,19,20). The molecule has 0 spiro atoms. The van der Waals surface area contributed by atoms with Crippen molar-refractivity contribution in [2.45, 2.75) is 31.7 Å². The van der Waals surface area contributed by atoms with Crippen LogP contribution in [0.2, 0.25) is 0 Å². The van der Waals surface area contributed by atoms with Crippen LogP contribution in [0.3, 0.4) is 0 Å². The first kappa shape index (κ1) is 13.0. The van der Waals surface area contributed by atoms with Crippen LogP contribution < -0.4 is 10.6 Å². The van der Waals surface area contributed by atoms with Crippen molar-refractivity contribution in [3.8, 4) is 0 Å². The summed E-state index contributed by atoms with van der Waals surface area (Å²) in [4.78, 5) is 20.3. The molecule has 2 aromatic rings. The fourth-order valence-corrected chi connectivity index (χ4v) is 2.61. The smallest absolute Gasteiger partial charge is 0.238 e. The maximum atomic E-state index is 11.9. The highest BCUT2D eigenvalue weighted by Crippen LogP contribution is 2.17. The van der Waals surface area contributed by atoms with Gasteiger partial charge in [-0.3, -0.25) is 14.8 Å². The second kappa shape index (κ2) is 5.96. The summed E-state index contributed by atoms with van der Waals surface area (Å²) < 4.78 is 0. The van der Waals surface area contributed by atoms with Crippen LogP contribution in [0, 0.1) is 0 Å². The second-order valence-corrected chi connectivity index (χ2v) is 5.17. The van der Waals surface area contributed by atoms with Gasteiger partial charge in [-0.1, -0.05) is 12.8 Å². The van der Waals surface area contributed by atoms with Crippen molar-refractivity contribution in [1.29, 1.82) is 0 Å². The number of anilines is 1. The molecule has 0 unspecified atom stereocenters. The molecule has 5 heteroatoms. The molecule has 2 N–H and O–H groups in total. The lowest BCUT2D eigenvalue weighted by atomic mass is 10.2. The predicted octanol–water partition coefficient (Wildman–Crippen LogP) is 2.10. The molecular formula is C15H18N4O. The van der Waals surface area contributed by atoms with E-state index >= 15 is 0 Å². The summed E-state index contributed by atoms with van der Waals surface area (Å²) in [6.45, 7) is 0.364. The molecule has 20 heavy (non-hydrogen) atoms. The highest BCUT2D eigenvalue weighted by Gasteiger charge is 2.15. The van der Waals surface area contributed by atoms with Gasteiger partial charge in [0.25, 0.3) is 0 Å². The monoisotopic (exact) mass is 270 g/mol. The van der Waals surface area contributed by atoms with E-state index in [0.29, 0.717) is 12.6 Å². The number of hydrogen-bond donors (Lipinski definition) is 2. The van der Waals surface area contributed by atoms with Gasteiger partial charge in [0, 0.05) is 24.1 Å². The molecule has 1 aromatic carbocycles. The van der Waals surface area contributed by atoms with Gasteiger partial charge >= 0.3 is 0 Å². The Morgan fingerprint density at radius 3 is 2.70 bits per heavy atom. The van der Waals surface area contributed by atoms with Crippen molar-refractivity contribution in [3.05, 3.63) is 30.6 Å². The Balaban J connectivity index is 1.59. The lowest BCUT2D eigenvalue weighted by Gasteiger charge is -2.11. The molecular weight excluding hydrogens is 252 g/mol. The number of benzene rings is 1. The Kier molecular flexibility index (Phi) is 3.87. The van der Waals surface area contributed by atoms with Gasteiger partial charge in [0.05, 0.1) is 17.6 Å². The zero-order valence-corrected chi connectivity index (χ0v) is 11.3. The molecule has 104 valence electrons. The van der Waals surface area contributed by atoms with Crippen LogP contribution in [0.1, 0.15) is 25.7 Å². The minimum Gasteiger partial charge on any atom is -0.325 e. The molecule has 1 aliphatic carbocycles. The van der Waals surface area contributed by atoms with Crippen molar-refractivity contribution >= 4 is 22.6 Å². The Labute approximate surface area is 117 Å². The van der Waals surface area contributed by atoms with Crippen molar-refractivity contribution in [1.82, 2.24) is 15.3 Å². The molecule has 5 nitrogen and oxygen atoms in total. The number of amides is 1. The maximum Gasteiger partial charge on any atom is 0.238 e. The summed E-state index contributed by atoms with van der Waals surface area (Å²) in [5.74, 6) is -0.0138. The molecule has 1 amide bonds. The third-order valence-electron chi connectivity index (χ3n) is 3.66. The summed E-state index contributed by atoms with van der Waals surface area (Å²) in [5, 5.41) is 6.19. The number of rotatable bonds is 4. The van der Waals surface area contributed by atoms with Crippen LogP contribution in [0.5, 0.6) is 0 Å². The van der Waals surface area contributed by atoms with E-state index in [4.69, 9.17) is 0 Å². The summed E-state index contributed by atoms with van der Waals surface area (Å²) >= 11 is 0. The van der Waals surface area contributed by atoms with Crippen LogP contribution in [0.15, 0.2) is 30.6 Å². The number of carbonyl (C=O) groups excluding carboxylic acids is 1. The average Bonchev–Trinajstić information content (AvgIpc) is 2.98. The number of aromatic nitrogens is 2. The van der Waals surface area contributed by atoms with Crippen LogP contribution in [0.25, 0.3) is 11.0 Å². The zero-order chi connectivity index (χ0) is 13.8. The maximum absolute atomic E-state index is 11.9. The molecule has 0 bridgehead atoms. The normalized spacial score (nSPS) is 15.6. The largest absolute Gasteiger partial charge is 0.325 e. The first-order chi connectivity index (χ1) is 9.81. The molecule has 3 rings (SSSR count). The highest BCUT2D eigenvalue weighted by molar-refractivity contribution is 5.94. The number of nitrogens with zero attached hydrogens (tertiary/aromatic N) is 2. The molecule has 1 heterocycles. The number of carbonyl (C=O) groups is 1. The Hall–Kier alpha value is -2.01. The van der Waals surface area contributed by atoms with Gasteiger partial charge in [-0.05, 0) is 31.0 Å². The fraction of sp³-hybridized carbons (Fsp3) is 0.400. The van der Waals surface area contributed by atoms with Crippen molar-refractivity contribution in [2.24, 2.45) is 0 Å². The lowest BCUT2D eigenvalue weighted by molar-refractivity contribution is -0.115. The highest BCUT2D eigenvalue weighted by atomic mass is 16.1. The van der Waals surface area contributed by atoms with Crippen LogP contribution in [0.4, 0.5) is 5.69 Å². The molecule has 0 radical (unpaired) electrons.